The number of hydrogen-bond donors (Lipinski definition) is 0. The third-order valence-corrected chi connectivity index (χ3v) is 5.20. The summed E-state index contributed by atoms with van der Waals surface area (Å²) in [4.78, 5) is 18.4. The van der Waals surface area contributed by atoms with Crippen LogP contribution in [0.4, 0.5) is 11.4 Å². The van der Waals surface area contributed by atoms with Gasteiger partial charge in [0.2, 0.25) is 5.88 Å². The monoisotopic (exact) mass is 391 g/mol. The van der Waals surface area contributed by atoms with E-state index in [1.54, 1.807) is 11.0 Å². The Hall–Kier alpha value is -3.12. The van der Waals surface area contributed by atoms with Crippen molar-refractivity contribution < 1.29 is 9.53 Å². The van der Waals surface area contributed by atoms with Crippen LogP contribution in [0.2, 0.25) is 0 Å². The molecule has 1 amide bonds. The number of nitrogens with zero attached hydrogens (tertiary/aromatic N) is 3. The molecule has 142 valence electrons. The number of rotatable bonds is 4. The van der Waals surface area contributed by atoms with Crippen LogP contribution in [-0.4, -0.2) is 29.0 Å². The zero-order valence-corrected chi connectivity index (χ0v) is 16.6. The van der Waals surface area contributed by atoms with Crippen molar-refractivity contribution >= 4 is 34.6 Å². The van der Waals surface area contributed by atoms with Crippen molar-refractivity contribution in [2.75, 3.05) is 22.9 Å². The topological polar surface area (TPSA) is 36.0 Å². The average Bonchev–Trinajstić information content (AvgIpc) is 3.20. The fourth-order valence-corrected chi connectivity index (χ4v) is 3.86. The lowest BCUT2D eigenvalue weighted by molar-refractivity contribution is -0.122. The maximum atomic E-state index is 12.9. The Bertz CT molecular complexity index is 984. The molecule has 6 heteroatoms. The van der Waals surface area contributed by atoms with Crippen LogP contribution in [0.5, 0.6) is 5.75 Å². The molecule has 2 heterocycles. The zero-order chi connectivity index (χ0) is 19.7. The summed E-state index contributed by atoms with van der Waals surface area (Å²) < 4.78 is 5.99. The third kappa shape index (κ3) is 2.96. The van der Waals surface area contributed by atoms with E-state index in [2.05, 4.69) is 11.8 Å². The number of para-hydroxylation sites is 3. The molecule has 4 rings (SSSR count). The van der Waals surface area contributed by atoms with E-state index < -0.39 is 0 Å². The van der Waals surface area contributed by atoms with Gasteiger partial charge in [0.25, 0.3) is 5.91 Å². The van der Waals surface area contributed by atoms with Gasteiger partial charge in [-0.05, 0) is 56.4 Å². The number of amides is 1. The molecule has 0 radical (unpaired) electrons. The molecule has 0 spiro atoms. The molecule has 0 aromatic heterocycles. The molecular weight excluding hydrogens is 370 g/mol. The highest BCUT2D eigenvalue weighted by Crippen LogP contribution is 2.38. The van der Waals surface area contributed by atoms with Crippen LogP contribution in [0.3, 0.4) is 0 Å². The summed E-state index contributed by atoms with van der Waals surface area (Å²) in [7, 11) is 0. The molecule has 0 unspecified atom stereocenters. The van der Waals surface area contributed by atoms with Gasteiger partial charge in [0.05, 0.1) is 5.69 Å². The van der Waals surface area contributed by atoms with Crippen molar-refractivity contribution in [3.63, 3.8) is 0 Å². The van der Waals surface area contributed by atoms with Crippen LogP contribution in [0, 0.1) is 0 Å². The molecule has 1 saturated heterocycles. The van der Waals surface area contributed by atoms with E-state index in [-0.39, 0.29) is 5.91 Å². The Balaban J connectivity index is 1.74. The largest absolute Gasteiger partial charge is 0.439 e. The molecule has 2 aromatic rings. The van der Waals surface area contributed by atoms with Gasteiger partial charge in [-0.25, -0.2) is 0 Å². The Morgan fingerprint density at radius 1 is 0.929 bits per heavy atom. The maximum Gasteiger partial charge on any atom is 0.277 e. The van der Waals surface area contributed by atoms with Crippen molar-refractivity contribution in [3.8, 4) is 5.75 Å². The summed E-state index contributed by atoms with van der Waals surface area (Å²) in [6.45, 7) is 5.28. The predicted octanol–water partition coefficient (Wildman–Crippen LogP) is 4.28. The van der Waals surface area contributed by atoms with Gasteiger partial charge in [0, 0.05) is 24.9 Å². The Labute approximate surface area is 170 Å². The minimum absolute atomic E-state index is 0.105. The van der Waals surface area contributed by atoms with Crippen LogP contribution in [-0.2, 0) is 4.79 Å². The molecule has 28 heavy (non-hydrogen) atoms. The van der Waals surface area contributed by atoms with Crippen LogP contribution in [0.15, 0.2) is 78.3 Å². The molecular formula is C22H21N3O2S. The normalized spacial score (nSPS) is 19.0. The number of carbonyl (C=O) groups excluding carboxylic acids is 1. The Morgan fingerprint density at radius 3 is 2.32 bits per heavy atom. The maximum absolute atomic E-state index is 12.9. The van der Waals surface area contributed by atoms with Gasteiger partial charge in [-0.15, -0.1) is 0 Å². The number of hydrogen-bond acceptors (Lipinski definition) is 4. The summed E-state index contributed by atoms with van der Waals surface area (Å²) in [6, 6.07) is 17.6. The lowest BCUT2D eigenvalue weighted by atomic mass is 10.2. The molecule has 0 N–H and O–H groups in total. The molecule has 0 saturated carbocycles. The number of thiocarbonyl (C=S) groups is 1. The van der Waals surface area contributed by atoms with E-state index in [9.17, 15) is 4.79 Å². The SMILES string of the molecule is CCN1C(=O)/C(=C/C=C2/Oc3ccccc3N2CC)N(c2ccccc2)C1=S. The Kier molecular flexibility index (Phi) is 4.88. The first-order valence-corrected chi connectivity index (χ1v) is 9.74. The minimum Gasteiger partial charge on any atom is -0.439 e. The molecule has 2 aromatic carbocycles. The minimum atomic E-state index is -0.105. The van der Waals surface area contributed by atoms with Crippen LogP contribution >= 0.6 is 12.2 Å². The molecule has 0 atom stereocenters. The van der Waals surface area contributed by atoms with Gasteiger partial charge in [-0.3, -0.25) is 14.6 Å². The Morgan fingerprint density at radius 2 is 1.61 bits per heavy atom. The van der Waals surface area contributed by atoms with Gasteiger partial charge in [0.1, 0.15) is 5.70 Å². The predicted molar refractivity (Wildman–Crippen MR) is 115 cm³/mol. The number of carbonyl (C=O) groups is 1. The number of allylic oxidation sites excluding steroid dienone is 2. The van der Waals surface area contributed by atoms with Gasteiger partial charge in [-0.1, -0.05) is 30.3 Å². The quantitative estimate of drug-likeness (QED) is 0.574. The van der Waals surface area contributed by atoms with E-state index in [1.807, 2.05) is 72.5 Å². The van der Waals surface area contributed by atoms with Gasteiger partial charge in [0.15, 0.2) is 10.9 Å². The van der Waals surface area contributed by atoms with E-state index in [0.29, 0.717) is 23.2 Å². The van der Waals surface area contributed by atoms with E-state index in [4.69, 9.17) is 17.0 Å². The van der Waals surface area contributed by atoms with E-state index in [1.165, 1.54) is 0 Å². The van der Waals surface area contributed by atoms with Gasteiger partial charge < -0.3 is 9.64 Å². The summed E-state index contributed by atoms with van der Waals surface area (Å²) in [5.41, 5.74) is 2.41. The number of likely N-dealkylation sites (N-methyl/N-ethyl adjacent to an activating group) is 1. The van der Waals surface area contributed by atoms with Gasteiger partial charge in [-0.2, -0.15) is 0 Å². The summed E-state index contributed by atoms with van der Waals surface area (Å²) in [5, 5.41) is 0.492. The van der Waals surface area contributed by atoms with Crippen molar-refractivity contribution in [3.05, 3.63) is 78.3 Å². The zero-order valence-electron chi connectivity index (χ0n) is 15.8. The fraction of sp³-hybridized carbons (Fsp3) is 0.182. The highest BCUT2D eigenvalue weighted by atomic mass is 32.1. The summed E-state index contributed by atoms with van der Waals surface area (Å²) >= 11 is 5.58. The number of fused-ring (bicyclic) bond motifs is 1. The van der Waals surface area contributed by atoms with Crippen LogP contribution in [0.1, 0.15) is 13.8 Å². The standard InChI is InChI=1S/C22H21N3O2S/c1-3-23-17-12-8-9-13-19(17)27-20(23)15-14-18-21(26)24(4-2)22(28)25(18)16-10-6-5-7-11-16/h5-15H,3-4H2,1-2H3/b18-14-,20-15+. The molecule has 1 fully saturated rings. The van der Waals surface area contributed by atoms with E-state index >= 15 is 0 Å². The van der Waals surface area contributed by atoms with Gasteiger partial charge >= 0.3 is 0 Å². The number of ether oxygens (including phenoxy) is 1. The highest BCUT2D eigenvalue weighted by Gasteiger charge is 2.37. The summed E-state index contributed by atoms with van der Waals surface area (Å²) in [6.07, 6.45) is 3.63. The number of benzene rings is 2. The second-order valence-corrected chi connectivity index (χ2v) is 6.74. The van der Waals surface area contributed by atoms with Crippen LogP contribution in [0.25, 0.3) is 0 Å². The van der Waals surface area contributed by atoms with Crippen molar-refractivity contribution in [2.24, 2.45) is 0 Å². The fourth-order valence-electron chi connectivity index (χ4n) is 3.45. The first-order chi connectivity index (χ1) is 13.7. The third-order valence-electron chi connectivity index (χ3n) is 4.79. The van der Waals surface area contributed by atoms with Crippen molar-refractivity contribution in [1.82, 2.24) is 4.90 Å². The molecule has 2 aliphatic heterocycles. The van der Waals surface area contributed by atoms with Crippen LogP contribution < -0.4 is 14.5 Å². The lowest BCUT2D eigenvalue weighted by Gasteiger charge is -2.19. The second-order valence-electron chi connectivity index (χ2n) is 6.37. The van der Waals surface area contributed by atoms with E-state index in [0.717, 1.165) is 23.7 Å². The molecule has 5 nitrogen and oxygen atoms in total. The molecule has 0 bridgehead atoms. The van der Waals surface area contributed by atoms with Crippen molar-refractivity contribution in [2.45, 2.75) is 13.8 Å². The highest BCUT2D eigenvalue weighted by molar-refractivity contribution is 7.80. The lowest BCUT2D eigenvalue weighted by Crippen LogP contribution is -2.32. The smallest absolute Gasteiger partial charge is 0.277 e. The molecule has 2 aliphatic rings. The second kappa shape index (κ2) is 7.48. The number of anilines is 2. The first-order valence-electron chi connectivity index (χ1n) is 9.33. The average molecular weight is 391 g/mol. The first kappa shape index (κ1) is 18.3. The molecule has 0 aliphatic carbocycles. The summed E-state index contributed by atoms with van der Waals surface area (Å²) in [5.74, 6) is 1.40. The van der Waals surface area contributed by atoms with Crippen molar-refractivity contribution in [1.29, 1.82) is 0 Å².